The van der Waals surface area contributed by atoms with Gasteiger partial charge in [0.1, 0.15) is 5.75 Å². The zero-order valence-electron chi connectivity index (χ0n) is 14.5. The van der Waals surface area contributed by atoms with Crippen LogP contribution >= 0.6 is 0 Å². The van der Waals surface area contributed by atoms with E-state index in [4.69, 9.17) is 4.74 Å². The summed E-state index contributed by atoms with van der Waals surface area (Å²) in [5, 5.41) is 15.8. The van der Waals surface area contributed by atoms with E-state index in [0.29, 0.717) is 11.8 Å². The van der Waals surface area contributed by atoms with E-state index in [1.54, 1.807) is 7.11 Å². The summed E-state index contributed by atoms with van der Waals surface area (Å²) >= 11 is 0. The normalized spacial score (nSPS) is 29.3. The molecule has 0 heterocycles. The Hall–Kier alpha value is -1.75. The summed E-state index contributed by atoms with van der Waals surface area (Å²) in [5.41, 5.74) is 1.13. The van der Waals surface area contributed by atoms with Crippen molar-refractivity contribution in [2.45, 2.75) is 44.7 Å². The molecule has 5 nitrogen and oxygen atoms in total. The van der Waals surface area contributed by atoms with E-state index in [1.165, 1.54) is 12.8 Å². The average Bonchev–Trinajstić information content (AvgIpc) is 3.16. The summed E-state index contributed by atoms with van der Waals surface area (Å²) in [6.45, 7) is 2.18. The first-order valence-electron chi connectivity index (χ1n) is 8.91. The molecule has 5 heteroatoms. The second-order valence-corrected chi connectivity index (χ2v) is 7.28. The second-order valence-electron chi connectivity index (χ2n) is 7.28. The Balaban J connectivity index is 1.51. The summed E-state index contributed by atoms with van der Waals surface area (Å²) in [5.74, 6) is 2.17. The van der Waals surface area contributed by atoms with Crippen molar-refractivity contribution in [3.63, 3.8) is 0 Å². The van der Waals surface area contributed by atoms with Gasteiger partial charge in [-0.25, -0.2) is 4.79 Å². The molecule has 0 radical (unpaired) electrons. The molecule has 2 saturated carbocycles. The molecule has 5 atom stereocenters. The lowest BCUT2D eigenvalue weighted by atomic mass is 9.85. The molecule has 0 saturated heterocycles. The molecule has 3 N–H and O–H groups in total. The van der Waals surface area contributed by atoms with Crippen LogP contribution in [0.1, 0.15) is 31.7 Å². The molecule has 24 heavy (non-hydrogen) atoms. The Morgan fingerprint density at radius 3 is 2.92 bits per heavy atom. The largest absolute Gasteiger partial charge is 0.497 e. The molecule has 2 aliphatic carbocycles. The molecule has 0 aliphatic heterocycles. The maximum atomic E-state index is 12.3. The fourth-order valence-electron chi connectivity index (χ4n) is 4.52. The third-order valence-corrected chi connectivity index (χ3v) is 5.65. The number of benzene rings is 1. The number of ether oxygens (including phenoxy) is 1. The van der Waals surface area contributed by atoms with Crippen molar-refractivity contribution in [3.05, 3.63) is 29.8 Å². The summed E-state index contributed by atoms with van der Waals surface area (Å²) in [7, 11) is 1.65. The summed E-state index contributed by atoms with van der Waals surface area (Å²) < 4.78 is 5.24. The molecule has 2 bridgehead atoms. The number of amides is 2. The van der Waals surface area contributed by atoms with Crippen LogP contribution in [0.2, 0.25) is 0 Å². The predicted molar refractivity (Wildman–Crippen MR) is 93.0 cm³/mol. The van der Waals surface area contributed by atoms with E-state index in [0.717, 1.165) is 24.2 Å². The fraction of sp³-hybridized carbons (Fsp3) is 0.632. The van der Waals surface area contributed by atoms with E-state index >= 15 is 0 Å². The lowest BCUT2D eigenvalue weighted by molar-refractivity contribution is 0.144. The Bertz CT molecular complexity index is 577. The molecule has 2 amide bonds. The Morgan fingerprint density at radius 1 is 1.38 bits per heavy atom. The molecule has 0 aromatic heterocycles. The topological polar surface area (TPSA) is 70.6 Å². The van der Waals surface area contributed by atoms with Gasteiger partial charge in [0.25, 0.3) is 0 Å². The van der Waals surface area contributed by atoms with Gasteiger partial charge in [-0.3, -0.25) is 0 Å². The van der Waals surface area contributed by atoms with Gasteiger partial charge in [-0.05, 0) is 62.1 Å². The molecule has 5 unspecified atom stereocenters. The lowest BCUT2D eigenvalue weighted by Gasteiger charge is -2.31. The molecular weight excluding hydrogens is 304 g/mol. The highest BCUT2D eigenvalue weighted by Crippen LogP contribution is 2.48. The maximum absolute atomic E-state index is 12.3. The van der Waals surface area contributed by atoms with Gasteiger partial charge in [-0.2, -0.15) is 0 Å². The van der Waals surface area contributed by atoms with Crippen LogP contribution < -0.4 is 15.4 Å². The third kappa shape index (κ3) is 3.66. The number of hydrogen-bond acceptors (Lipinski definition) is 3. The van der Waals surface area contributed by atoms with Gasteiger partial charge < -0.3 is 20.5 Å². The van der Waals surface area contributed by atoms with Gasteiger partial charge >= 0.3 is 6.03 Å². The maximum Gasteiger partial charge on any atom is 0.315 e. The minimum atomic E-state index is -0.124. The van der Waals surface area contributed by atoms with Gasteiger partial charge in [0, 0.05) is 24.6 Å². The molecular formula is C19H28N2O3. The number of fused-ring (bicyclic) bond motifs is 2. The molecule has 1 aromatic carbocycles. The number of urea groups is 1. The number of aliphatic hydroxyl groups is 1. The number of methoxy groups -OCH3 is 1. The minimum absolute atomic E-state index is 0.0308. The smallest absolute Gasteiger partial charge is 0.315 e. The number of carbonyl (C=O) groups is 1. The summed E-state index contributed by atoms with van der Waals surface area (Å²) in [6.07, 6.45) is 4.27. The molecule has 1 aromatic rings. The zero-order valence-corrected chi connectivity index (χ0v) is 14.5. The highest BCUT2D eigenvalue weighted by molar-refractivity contribution is 5.74. The first kappa shape index (κ1) is 17.1. The summed E-state index contributed by atoms with van der Waals surface area (Å²) in [6, 6.07) is 7.94. The van der Waals surface area contributed by atoms with Gasteiger partial charge in [0.2, 0.25) is 0 Å². The van der Waals surface area contributed by atoms with E-state index in [9.17, 15) is 9.90 Å². The van der Waals surface area contributed by atoms with Crippen LogP contribution in [0.5, 0.6) is 5.75 Å². The van der Waals surface area contributed by atoms with Crippen LogP contribution in [0.4, 0.5) is 4.79 Å². The SMILES string of the molecule is COc1cccc(CC(C)NC(=O)NC2C3CCC(C3)C2CO)c1. The minimum Gasteiger partial charge on any atom is -0.497 e. The van der Waals surface area contributed by atoms with E-state index in [-0.39, 0.29) is 30.6 Å². The molecule has 0 spiro atoms. The van der Waals surface area contributed by atoms with Crippen LogP contribution in [-0.2, 0) is 6.42 Å². The van der Waals surface area contributed by atoms with Crippen molar-refractivity contribution < 1.29 is 14.6 Å². The van der Waals surface area contributed by atoms with Gasteiger partial charge in [0.05, 0.1) is 7.11 Å². The van der Waals surface area contributed by atoms with Gasteiger partial charge in [0.15, 0.2) is 0 Å². The zero-order chi connectivity index (χ0) is 17.1. The standard InChI is InChI=1S/C19H28N2O3/c1-12(8-13-4-3-5-16(9-13)24-2)20-19(23)21-18-15-7-6-14(10-15)17(18)11-22/h3-5,9,12,14-15,17-18,22H,6-8,10-11H2,1-2H3,(H2,20,21,23). The van der Waals surface area contributed by atoms with E-state index in [1.807, 2.05) is 31.2 Å². The van der Waals surface area contributed by atoms with Crippen molar-refractivity contribution in [2.75, 3.05) is 13.7 Å². The van der Waals surface area contributed by atoms with E-state index in [2.05, 4.69) is 10.6 Å². The number of carbonyl (C=O) groups excluding carboxylic acids is 1. The lowest BCUT2D eigenvalue weighted by Crippen LogP contribution is -2.51. The van der Waals surface area contributed by atoms with Crippen molar-refractivity contribution in [1.82, 2.24) is 10.6 Å². The van der Waals surface area contributed by atoms with Gasteiger partial charge in [-0.15, -0.1) is 0 Å². The van der Waals surface area contributed by atoms with Crippen molar-refractivity contribution >= 4 is 6.03 Å². The Kier molecular flexibility index (Phi) is 5.29. The van der Waals surface area contributed by atoms with Crippen LogP contribution in [0.25, 0.3) is 0 Å². The molecule has 132 valence electrons. The summed E-state index contributed by atoms with van der Waals surface area (Å²) in [4.78, 5) is 12.3. The monoisotopic (exact) mass is 332 g/mol. The van der Waals surface area contributed by atoms with Crippen LogP contribution in [-0.4, -0.2) is 36.9 Å². The molecule has 3 rings (SSSR count). The predicted octanol–water partition coefficient (Wildman–Crippen LogP) is 2.33. The number of rotatable bonds is 6. The fourth-order valence-corrected chi connectivity index (χ4v) is 4.52. The third-order valence-electron chi connectivity index (χ3n) is 5.65. The molecule has 2 aliphatic rings. The number of aliphatic hydroxyl groups excluding tert-OH is 1. The molecule has 2 fully saturated rings. The van der Waals surface area contributed by atoms with Gasteiger partial charge in [-0.1, -0.05) is 12.1 Å². The van der Waals surface area contributed by atoms with Crippen LogP contribution in [0.15, 0.2) is 24.3 Å². The average molecular weight is 332 g/mol. The first-order chi connectivity index (χ1) is 11.6. The Morgan fingerprint density at radius 2 is 2.17 bits per heavy atom. The van der Waals surface area contributed by atoms with Crippen molar-refractivity contribution in [1.29, 1.82) is 0 Å². The number of nitrogens with one attached hydrogen (secondary N) is 2. The quantitative estimate of drug-likeness (QED) is 0.749. The highest BCUT2D eigenvalue weighted by atomic mass is 16.5. The Labute approximate surface area is 143 Å². The number of hydrogen-bond donors (Lipinski definition) is 3. The van der Waals surface area contributed by atoms with Crippen LogP contribution in [0.3, 0.4) is 0 Å². The van der Waals surface area contributed by atoms with Crippen molar-refractivity contribution in [2.24, 2.45) is 17.8 Å². The van der Waals surface area contributed by atoms with Crippen LogP contribution in [0, 0.1) is 17.8 Å². The van der Waals surface area contributed by atoms with Crippen molar-refractivity contribution in [3.8, 4) is 5.75 Å². The van der Waals surface area contributed by atoms with E-state index < -0.39 is 0 Å². The second kappa shape index (κ2) is 7.43. The highest BCUT2D eigenvalue weighted by Gasteiger charge is 2.47. The first-order valence-corrected chi connectivity index (χ1v) is 8.91.